The van der Waals surface area contributed by atoms with Crippen molar-refractivity contribution in [1.82, 2.24) is 0 Å². The van der Waals surface area contributed by atoms with Crippen molar-refractivity contribution in [2.45, 2.75) is 6.61 Å². The Balaban J connectivity index is 1.78. The van der Waals surface area contributed by atoms with Crippen LogP contribution in [0.5, 0.6) is 5.75 Å². The van der Waals surface area contributed by atoms with Gasteiger partial charge in [-0.2, -0.15) is 5.26 Å². The number of nitro groups is 1. The van der Waals surface area contributed by atoms with Gasteiger partial charge in [0.2, 0.25) is 0 Å². The number of ether oxygens (including phenoxy) is 1. The molecule has 3 aromatic carbocycles. The van der Waals surface area contributed by atoms with Gasteiger partial charge >= 0.3 is 0 Å². The number of benzene rings is 3. The number of hydrogen-bond acceptors (Lipinski definition) is 4. The van der Waals surface area contributed by atoms with Crippen molar-refractivity contribution in [2.24, 2.45) is 0 Å². The molecule has 0 heterocycles. The van der Waals surface area contributed by atoms with E-state index in [0.29, 0.717) is 22.8 Å². The van der Waals surface area contributed by atoms with Crippen LogP contribution < -0.4 is 4.74 Å². The quantitative estimate of drug-likeness (QED) is 0.123. The van der Waals surface area contributed by atoms with Gasteiger partial charge in [-0.1, -0.05) is 35.9 Å². The van der Waals surface area contributed by atoms with Gasteiger partial charge in [0, 0.05) is 22.7 Å². The Morgan fingerprint density at radius 2 is 1.90 bits per heavy atom. The minimum Gasteiger partial charge on any atom is -0.488 e. The molecule has 0 saturated heterocycles. The van der Waals surface area contributed by atoms with Crippen molar-refractivity contribution in [1.29, 1.82) is 5.26 Å². The molecular formula is C22H14ClIN2O3. The molecule has 0 fully saturated rings. The highest BCUT2D eigenvalue weighted by molar-refractivity contribution is 14.1. The summed E-state index contributed by atoms with van der Waals surface area (Å²) in [5.74, 6) is 0.719. The van der Waals surface area contributed by atoms with Crippen molar-refractivity contribution in [2.75, 3.05) is 0 Å². The summed E-state index contributed by atoms with van der Waals surface area (Å²) in [7, 11) is 0. The van der Waals surface area contributed by atoms with Crippen LogP contribution in [0.1, 0.15) is 16.7 Å². The number of hydrogen-bond donors (Lipinski definition) is 0. The zero-order chi connectivity index (χ0) is 20.8. The second-order valence-corrected chi connectivity index (χ2v) is 7.61. The van der Waals surface area contributed by atoms with Crippen molar-refractivity contribution >= 4 is 51.5 Å². The minimum absolute atomic E-state index is 0.0133. The number of nitro benzene ring substituents is 1. The minimum atomic E-state index is -0.469. The molecule has 0 saturated carbocycles. The fourth-order valence-corrected chi connectivity index (χ4v) is 3.49. The fourth-order valence-electron chi connectivity index (χ4n) is 2.60. The molecular weight excluding hydrogens is 503 g/mol. The molecule has 3 aromatic rings. The van der Waals surface area contributed by atoms with E-state index in [-0.39, 0.29) is 5.69 Å². The molecule has 0 bridgehead atoms. The first-order chi connectivity index (χ1) is 14.0. The highest BCUT2D eigenvalue weighted by Crippen LogP contribution is 2.27. The number of non-ortho nitro benzene ring substituents is 1. The van der Waals surface area contributed by atoms with Gasteiger partial charge in [-0.25, -0.2) is 0 Å². The summed E-state index contributed by atoms with van der Waals surface area (Å²) in [4.78, 5) is 10.3. The Morgan fingerprint density at radius 1 is 1.17 bits per heavy atom. The van der Waals surface area contributed by atoms with Crippen molar-refractivity contribution in [3.63, 3.8) is 0 Å². The van der Waals surface area contributed by atoms with Crippen molar-refractivity contribution in [3.8, 4) is 11.8 Å². The smallest absolute Gasteiger partial charge is 0.269 e. The molecule has 0 radical (unpaired) electrons. The molecule has 0 atom stereocenters. The van der Waals surface area contributed by atoms with E-state index in [1.807, 2.05) is 42.5 Å². The first kappa shape index (κ1) is 20.8. The van der Waals surface area contributed by atoms with Gasteiger partial charge in [-0.3, -0.25) is 10.1 Å². The largest absolute Gasteiger partial charge is 0.488 e. The fraction of sp³-hybridized carbons (Fsp3) is 0.0455. The topological polar surface area (TPSA) is 76.2 Å². The molecule has 0 N–H and O–H groups in total. The molecule has 0 aliphatic carbocycles. The highest BCUT2D eigenvalue weighted by atomic mass is 127. The lowest BCUT2D eigenvalue weighted by atomic mass is 10.0. The summed E-state index contributed by atoms with van der Waals surface area (Å²) < 4.78 is 6.76. The van der Waals surface area contributed by atoms with Crippen LogP contribution in [0.25, 0.3) is 11.6 Å². The number of rotatable bonds is 6. The van der Waals surface area contributed by atoms with E-state index in [2.05, 4.69) is 28.7 Å². The molecule has 0 amide bonds. The first-order valence-corrected chi connectivity index (χ1v) is 9.96. The maximum Gasteiger partial charge on any atom is 0.269 e. The van der Waals surface area contributed by atoms with Gasteiger partial charge in [0.15, 0.2) is 0 Å². The predicted octanol–water partition coefficient (Wildman–Crippen LogP) is 6.50. The van der Waals surface area contributed by atoms with Gasteiger partial charge in [0.1, 0.15) is 12.4 Å². The standard InChI is InChI=1S/C22H14ClIN2O3/c23-20-4-2-1-3-17(20)14-29-22-10-5-15(12-21(22)24)11-18(13-25)16-6-8-19(9-7-16)26(27)28/h1-12H,14H2/b18-11-. The van der Waals surface area contributed by atoms with Crippen LogP contribution in [-0.4, -0.2) is 4.92 Å². The third kappa shape index (κ3) is 5.34. The van der Waals surface area contributed by atoms with E-state index < -0.39 is 4.92 Å². The van der Waals surface area contributed by atoms with Crippen LogP contribution in [-0.2, 0) is 6.61 Å². The number of allylic oxidation sites excluding steroid dienone is 1. The summed E-state index contributed by atoms with van der Waals surface area (Å²) in [6, 6.07) is 21.2. The molecule has 0 aliphatic heterocycles. The van der Waals surface area contributed by atoms with Crippen LogP contribution in [0.15, 0.2) is 66.7 Å². The van der Waals surface area contributed by atoms with E-state index in [1.165, 1.54) is 12.1 Å². The average Bonchev–Trinajstić information content (AvgIpc) is 2.72. The van der Waals surface area contributed by atoms with Gasteiger partial charge in [-0.05, 0) is 70.1 Å². The van der Waals surface area contributed by atoms with Gasteiger partial charge < -0.3 is 4.74 Å². The van der Waals surface area contributed by atoms with E-state index in [0.717, 1.165) is 20.4 Å². The summed E-state index contributed by atoms with van der Waals surface area (Å²) >= 11 is 8.33. The van der Waals surface area contributed by atoms with Crippen LogP contribution in [0, 0.1) is 25.0 Å². The summed E-state index contributed by atoms with van der Waals surface area (Å²) in [5, 5.41) is 20.9. The molecule has 0 spiro atoms. The third-order valence-corrected chi connectivity index (χ3v) is 5.33. The van der Waals surface area contributed by atoms with Crippen LogP contribution in [0.2, 0.25) is 5.02 Å². The Morgan fingerprint density at radius 3 is 2.52 bits per heavy atom. The summed E-state index contributed by atoms with van der Waals surface area (Å²) in [6.07, 6.45) is 1.74. The normalized spacial score (nSPS) is 11.0. The molecule has 0 aliphatic rings. The number of halogens is 2. The second-order valence-electron chi connectivity index (χ2n) is 6.04. The zero-order valence-corrected chi connectivity index (χ0v) is 17.9. The molecule has 29 heavy (non-hydrogen) atoms. The molecule has 3 rings (SSSR count). The average molecular weight is 517 g/mol. The maximum atomic E-state index is 10.8. The lowest BCUT2D eigenvalue weighted by molar-refractivity contribution is -0.384. The Labute approximate surface area is 186 Å². The summed E-state index contributed by atoms with van der Waals surface area (Å²) in [5.41, 5.74) is 2.75. The van der Waals surface area contributed by atoms with Crippen molar-refractivity contribution < 1.29 is 9.66 Å². The lowest BCUT2D eigenvalue weighted by Gasteiger charge is -2.10. The number of nitrogens with zero attached hydrogens (tertiary/aromatic N) is 2. The SMILES string of the molecule is N#C/C(=C/c1ccc(OCc2ccccc2Cl)c(I)c1)c1ccc([N+](=O)[O-])cc1. The zero-order valence-electron chi connectivity index (χ0n) is 15.0. The monoisotopic (exact) mass is 516 g/mol. The summed E-state index contributed by atoms with van der Waals surface area (Å²) in [6.45, 7) is 0.358. The maximum absolute atomic E-state index is 10.8. The van der Waals surface area contributed by atoms with Crippen LogP contribution in [0.4, 0.5) is 5.69 Å². The van der Waals surface area contributed by atoms with Crippen molar-refractivity contribution in [3.05, 3.63) is 102 Å². The Bertz CT molecular complexity index is 1120. The van der Waals surface area contributed by atoms with E-state index in [9.17, 15) is 15.4 Å². The van der Waals surface area contributed by atoms with E-state index in [4.69, 9.17) is 16.3 Å². The molecule has 7 heteroatoms. The molecule has 144 valence electrons. The van der Waals surface area contributed by atoms with E-state index >= 15 is 0 Å². The molecule has 0 aromatic heterocycles. The number of nitriles is 1. The third-order valence-electron chi connectivity index (χ3n) is 4.12. The van der Waals surface area contributed by atoms with Gasteiger partial charge in [0.05, 0.1) is 20.1 Å². The first-order valence-electron chi connectivity index (χ1n) is 8.50. The Hall–Kier alpha value is -2.89. The second kappa shape index (κ2) is 9.54. The lowest BCUT2D eigenvalue weighted by Crippen LogP contribution is -1.98. The predicted molar refractivity (Wildman–Crippen MR) is 122 cm³/mol. The van der Waals surface area contributed by atoms with Crippen LogP contribution in [0.3, 0.4) is 0 Å². The molecule has 0 unspecified atom stereocenters. The Kier molecular flexibility index (Phi) is 6.86. The van der Waals surface area contributed by atoms with Gasteiger partial charge in [-0.15, -0.1) is 0 Å². The van der Waals surface area contributed by atoms with Gasteiger partial charge in [0.25, 0.3) is 5.69 Å². The highest BCUT2D eigenvalue weighted by Gasteiger charge is 2.08. The van der Waals surface area contributed by atoms with E-state index in [1.54, 1.807) is 18.2 Å². The molecule has 5 nitrogen and oxygen atoms in total. The van der Waals surface area contributed by atoms with Crippen LogP contribution >= 0.6 is 34.2 Å².